The molecular weight excluding hydrogens is 442 g/mol. The zero-order valence-electron chi connectivity index (χ0n) is 23.1. The van der Waals surface area contributed by atoms with Crippen molar-refractivity contribution in [2.45, 2.75) is 112 Å². The van der Waals surface area contributed by atoms with Crippen LogP contribution in [0.2, 0.25) is 0 Å². The number of rotatable bonds is 13. The van der Waals surface area contributed by atoms with Gasteiger partial charge in [-0.25, -0.2) is 4.79 Å². The Labute approximate surface area is 212 Å². The molecule has 198 valence electrons. The van der Waals surface area contributed by atoms with Crippen LogP contribution >= 0.6 is 0 Å². The first-order chi connectivity index (χ1) is 16.4. The van der Waals surface area contributed by atoms with Gasteiger partial charge in [0.1, 0.15) is 18.2 Å². The molecule has 0 saturated heterocycles. The molecule has 0 bridgehead atoms. The standard InChI is InChI=1S/C28H47N3O4/c1-9-11-12-13-17-31(24(32)19-29-27(34)35-28(6,7)8)25(26(33)30-22(5)14-10-2)23-18-20(3)15-16-21(23)4/h15-16,18,22,25H,9-14,17,19H2,1-8H3,(H,29,34)(H,30,33). The number of aryl methyl sites for hydroxylation is 2. The molecule has 2 atom stereocenters. The fourth-order valence-electron chi connectivity index (χ4n) is 4.00. The van der Waals surface area contributed by atoms with E-state index >= 15 is 0 Å². The molecule has 1 rings (SSSR count). The van der Waals surface area contributed by atoms with E-state index in [0.29, 0.717) is 6.54 Å². The first-order valence-corrected chi connectivity index (χ1v) is 13.0. The van der Waals surface area contributed by atoms with Crippen LogP contribution in [0.4, 0.5) is 4.79 Å². The summed E-state index contributed by atoms with van der Waals surface area (Å²) in [5.74, 6) is -0.502. The molecule has 0 fully saturated rings. The molecule has 2 unspecified atom stereocenters. The molecule has 2 N–H and O–H groups in total. The second-order valence-electron chi connectivity index (χ2n) is 10.5. The van der Waals surface area contributed by atoms with E-state index in [1.807, 2.05) is 39.0 Å². The van der Waals surface area contributed by atoms with Crippen LogP contribution in [0.1, 0.15) is 103 Å². The molecule has 0 aromatic heterocycles. The SMILES string of the molecule is CCCCCCN(C(=O)CNC(=O)OC(C)(C)C)C(C(=O)NC(C)CCC)c1cc(C)ccc1C. The van der Waals surface area contributed by atoms with Gasteiger partial charge in [-0.2, -0.15) is 0 Å². The Hall–Kier alpha value is -2.57. The highest BCUT2D eigenvalue weighted by atomic mass is 16.6. The fraction of sp³-hybridized carbons (Fsp3) is 0.679. The maximum absolute atomic E-state index is 13.6. The second-order valence-corrected chi connectivity index (χ2v) is 10.5. The third-order valence-corrected chi connectivity index (χ3v) is 5.76. The first kappa shape index (κ1) is 30.5. The molecule has 1 aromatic rings. The lowest BCUT2D eigenvalue weighted by molar-refractivity contribution is -0.140. The number of carbonyl (C=O) groups is 3. The summed E-state index contributed by atoms with van der Waals surface area (Å²) in [7, 11) is 0. The molecule has 0 aliphatic carbocycles. The quantitative estimate of drug-likeness (QED) is 0.354. The van der Waals surface area contributed by atoms with E-state index in [9.17, 15) is 14.4 Å². The molecule has 0 heterocycles. The third kappa shape index (κ3) is 11.1. The van der Waals surface area contributed by atoms with Crippen molar-refractivity contribution in [1.82, 2.24) is 15.5 Å². The normalized spacial score (nSPS) is 13.0. The maximum atomic E-state index is 13.6. The summed E-state index contributed by atoms with van der Waals surface area (Å²) in [6.07, 6.45) is 5.04. The number of hydrogen-bond donors (Lipinski definition) is 2. The van der Waals surface area contributed by atoms with Crippen molar-refractivity contribution >= 4 is 17.9 Å². The predicted octanol–water partition coefficient (Wildman–Crippen LogP) is 5.58. The van der Waals surface area contributed by atoms with Crippen molar-refractivity contribution in [3.63, 3.8) is 0 Å². The smallest absolute Gasteiger partial charge is 0.408 e. The molecule has 0 saturated carbocycles. The Morgan fingerprint density at radius 2 is 1.71 bits per heavy atom. The van der Waals surface area contributed by atoms with Crippen LogP contribution in [0.25, 0.3) is 0 Å². The minimum atomic E-state index is -0.774. The Bertz CT molecular complexity index is 832. The topological polar surface area (TPSA) is 87.7 Å². The summed E-state index contributed by atoms with van der Waals surface area (Å²) >= 11 is 0. The van der Waals surface area contributed by atoms with Crippen molar-refractivity contribution in [3.05, 3.63) is 34.9 Å². The lowest BCUT2D eigenvalue weighted by atomic mass is 9.96. The molecule has 1 aromatic carbocycles. The van der Waals surface area contributed by atoms with Crippen molar-refractivity contribution in [1.29, 1.82) is 0 Å². The zero-order chi connectivity index (χ0) is 26.6. The van der Waals surface area contributed by atoms with Crippen LogP contribution in [0, 0.1) is 13.8 Å². The van der Waals surface area contributed by atoms with E-state index in [1.54, 1.807) is 25.7 Å². The number of unbranched alkanes of at least 4 members (excludes halogenated alkanes) is 3. The van der Waals surface area contributed by atoms with Crippen LogP contribution in [-0.2, 0) is 14.3 Å². The van der Waals surface area contributed by atoms with E-state index < -0.39 is 17.7 Å². The Morgan fingerprint density at radius 3 is 2.31 bits per heavy atom. The van der Waals surface area contributed by atoms with Gasteiger partial charge in [-0.1, -0.05) is 63.3 Å². The van der Waals surface area contributed by atoms with Crippen LogP contribution < -0.4 is 10.6 Å². The van der Waals surface area contributed by atoms with Crippen molar-refractivity contribution < 1.29 is 19.1 Å². The van der Waals surface area contributed by atoms with Crippen LogP contribution in [0.3, 0.4) is 0 Å². The Kier molecular flexibility index (Phi) is 12.8. The van der Waals surface area contributed by atoms with Gasteiger partial charge < -0.3 is 20.3 Å². The summed E-state index contributed by atoms with van der Waals surface area (Å²) in [6, 6.07) is 5.20. The number of hydrogen-bond acceptors (Lipinski definition) is 4. The van der Waals surface area contributed by atoms with E-state index in [2.05, 4.69) is 24.5 Å². The largest absolute Gasteiger partial charge is 0.444 e. The number of amides is 3. The average Bonchev–Trinajstić information content (AvgIpc) is 2.75. The van der Waals surface area contributed by atoms with Crippen LogP contribution in [0.15, 0.2) is 18.2 Å². The van der Waals surface area contributed by atoms with Gasteiger partial charge in [0.25, 0.3) is 0 Å². The average molecular weight is 490 g/mol. The van der Waals surface area contributed by atoms with Gasteiger partial charge in [-0.15, -0.1) is 0 Å². The predicted molar refractivity (Wildman–Crippen MR) is 141 cm³/mol. The van der Waals surface area contributed by atoms with Crippen LogP contribution in [-0.4, -0.2) is 47.5 Å². The van der Waals surface area contributed by atoms with Gasteiger partial charge in [0.05, 0.1) is 0 Å². The Morgan fingerprint density at radius 1 is 1.03 bits per heavy atom. The van der Waals surface area contributed by atoms with Crippen LogP contribution in [0.5, 0.6) is 0 Å². The minimum Gasteiger partial charge on any atom is -0.444 e. The van der Waals surface area contributed by atoms with Crippen molar-refractivity contribution in [2.75, 3.05) is 13.1 Å². The molecule has 0 radical (unpaired) electrons. The first-order valence-electron chi connectivity index (χ1n) is 13.0. The summed E-state index contributed by atoms with van der Waals surface area (Å²) < 4.78 is 5.29. The minimum absolute atomic E-state index is 0.00273. The van der Waals surface area contributed by atoms with E-state index in [4.69, 9.17) is 4.74 Å². The fourth-order valence-corrected chi connectivity index (χ4v) is 4.00. The molecule has 35 heavy (non-hydrogen) atoms. The number of benzene rings is 1. The number of alkyl carbamates (subject to hydrolysis) is 1. The molecular formula is C28H47N3O4. The van der Waals surface area contributed by atoms with Gasteiger partial charge in [-0.05, 0) is 65.5 Å². The molecule has 7 heteroatoms. The Balaban J connectivity index is 3.30. The monoisotopic (exact) mass is 489 g/mol. The van der Waals surface area contributed by atoms with Crippen molar-refractivity contribution in [3.8, 4) is 0 Å². The molecule has 0 spiro atoms. The van der Waals surface area contributed by atoms with Gasteiger partial charge in [0.2, 0.25) is 11.8 Å². The number of nitrogens with zero attached hydrogens (tertiary/aromatic N) is 1. The summed E-state index contributed by atoms with van der Waals surface area (Å²) in [5, 5.41) is 5.68. The van der Waals surface area contributed by atoms with E-state index in [-0.39, 0.29) is 24.4 Å². The molecule has 3 amide bonds. The highest BCUT2D eigenvalue weighted by molar-refractivity contribution is 5.90. The maximum Gasteiger partial charge on any atom is 0.408 e. The molecule has 0 aliphatic rings. The van der Waals surface area contributed by atoms with Gasteiger partial charge in [0.15, 0.2) is 0 Å². The number of nitrogens with one attached hydrogen (secondary N) is 2. The lowest BCUT2D eigenvalue weighted by Crippen LogP contribution is -2.49. The molecule has 7 nitrogen and oxygen atoms in total. The summed E-state index contributed by atoms with van der Waals surface area (Å²) in [6.45, 7) is 15.7. The number of carbonyl (C=O) groups excluding carboxylic acids is 3. The zero-order valence-corrected chi connectivity index (χ0v) is 23.1. The summed E-state index contributed by atoms with van der Waals surface area (Å²) in [4.78, 5) is 40.9. The van der Waals surface area contributed by atoms with Crippen molar-refractivity contribution in [2.24, 2.45) is 0 Å². The second kappa shape index (κ2) is 14.7. The molecule has 0 aliphatic heterocycles. The van der Waals surface area contributed by atoms with Gasteiger partial charge in [0, 0.05) is 12.6 Å². The van der Waals surface area contributed by atoms with E-state index in [0.717, 1.165) is 55.2 Å². The highest BCUT2D eigenvalue weighted by Gasteiger charge is 2.33. The highest BCUT2D eigenvalue weighted by Crippen LogP contribution is 2.27. The lowest BCUT2D eigenvalue weighted by Gasteiger charge is -2.33. The summed E-state index contributed by atoms with van der Waals surface area (Å²) in [5.41, 5.74) is 2.12. The third-order valence-electron chi connectivity index (χ3n) is 5.76. The number of ether oxygens (including phenoxy) is 1. The van der Waals surface area contributed by atoms with Gasteiger partial charge in [-0.3, -0.25) is 9.59 Å². The van der Waals surface area contributed by atoms with Gasteiger partial charge >= 0.3 is 6.09 Å². The van der Waals surface area contributed by atoms with E-state index in [1.165, 1.54) is 0 Å².